The third-order valence-electron chi connectivity index (χ3n) is 8.96. The summed E-state index contributed by atoms with van der Waals surface area (Å²) in [7, 11) is -0.275. The molecule has 0 amide bonds. The summed E-state index contributed by atoms with van der Waals surface area (Å²) in [5.74, 6) is -0.302. The molecular weight excluding hydrogens is 565 g/mol. The molecule has 45 heavy (non-hydrogen) atoms. The third kappa shape index (κ3) is 9.98. The van der Waals surface area contributed by atoms with Crippen LogP contribution in [-0.2, 0) is 28.3 Å². The second-order valence-corrected chi connectivity index (χ2v) is 14.4. The van der Waals surface area contributed by atoms with E-state index in [-0.39, 0.29) is 30.6 Å². The van der Waals surface area contributed by atoms with Crippen LogP contribution in [0.25, 0.3) is 0 Å². The van der Waals surface area contributed by atoms with Gasteiger partial charge in [-0.15, -0.1) is 0 Å². The molecular formula is C37H54BNO6. The van der Waals surface area contributed by atoms with Gasteiger partial charge < -0.3 is 23.5 Å². The van der Waals surface area contributed by atoms with E-state index in [1.54, 1.807) is 0 Å². The maximum Gasteiger partial charge on any atom is 0.457 e. The first-order valence-electron chi connectivity index (χ1n) is 16.8. The van der Waals surface area contributed by atoms with Crippen molar-refractivity contribution in [1.29, 1.82) is 0 Å². The first-order chi connectivity index (χ1) is 21.3. The minimum Gasteiger partial charge on any atom is -0.458 e. The van der Waals surface area contributed by atoms with Gasteiger partial charge >= 0.3 is 13.1 Å². The molecule has 2 aliphatic rings. The van der Waals surface area contributed by atoms with E-state index >= 15 is 0 Å². The van der Waals surface area contributed by atoms with Crippen LogP contribution in [0.3, 0.4) is 0 Å². The summed E-state index contributed by atoms with van der Waals surface area (Å²) in [5.41, 5.74) is 0.189. The Bertz CT molecular complexity index is 1180. The maximum atomic E-state index is 14.4. The Kier molecular flexibility index (Phi) is 12.1. The number of carbonyl (C=O) groups is 1. The van der Waals surface area contributed by atoms with E-state index in [4.69, 9.17) is 28.5 Å². The fourth-order valence-corrected chi connectivity index (χ4v) is 5.79. The van der Waals surface area contributed by atoms with Gasteiger partial charge in [-0.3, -0.25) is 4.99 Å². The zero-order valence-electron chi connectivity index (χ0n) is 28.6. The van der Waals surface area contributed by atoms with Crippen LogP contribution >= 0.6 is 0 Å². The predicted octanol–water partition coefficient (Wildman–Crippen LogP) is 8.19. The first-order valence-corrected chi connectivity index (χ1v) is 16.8. The van der Waals surface area contributed by atoms with Crippen molar-refractivity contribution in [3.05, 3.63) is 71.8 Å². The highest BCUT2D eigenvalue weighted by atomic mass is 16.7. The number of hydrogen-bond acceptors (Lipinski definition) is 7. The topological polar surface area (TPSA) is 75.6 Å². The molecule has 2 heterocycles. The Balaban J connectivity index is 1.63. The number of ether oxygens (including phenoxy) is 3. The number of carbonyl (C=O) groups excluding carboxylic acids is 1. The van der Waals surface area contributed by atoms with E-state index in [9.17, 15) is 4.79 Å². The van der Waals surface area contributed by atoms with Crippen molar-refractivity contribution in [2.75, 3.05) is 13.2 Å². The van der Waals surface area contributed by atoms with Gasteiger partial charge in [0, 0.05) is 24.3 Å². The lowest BCUT2D eigenvalue weighted by molar-refractivity contribution is -0.166. The molecule has 2 aliphatic heterocycles. The molecule has 0 N–H and O–H groups in total. The van der Waals surface area contributed by atoms with Gasteiger partial charge in [-0.2, -0.15) is 0 Å². The minimum absolute atomic E-state index is 0.178. The van der Waals surface area contributed by atoms with E-state index in [0.29, 0.717) is 25.9 Å². The van der Waals surface area contributed by atoms with Gasteiger partial charge in [-0.1, -0.05) is 73.5 Å². The van der Waals surface area contributed by atoms with Crippen molar-refractivity contribution in [3.63, 3.8) is 0 Å². The molecule has 2 saturated heterocycles. The van der Waals surface area contributed by atoms with E-state index in [2.05, 4.69) is 27.7 Å². The Morgan fingerprint density at radius 1 is 0.867 bits per heavy atom. The van der Waals surface area contributed by atoms with Crippen LogP contribution in [0.15, 0.2) is 65.7 Å². The van der Waals surface area contributed by atoms with Gasteiger partial charge in [0.2, 0.25) is 0 Å². The molecule has 8 heteroatoms. The molecule has 246 valence electrons. The minimum atomic E-state index is -1.11. The fourth-order valence-electron chi connectivity index (χ4n) is 5.79. The molecule has 7 nitrogen and oxygen atoms in total. The summed E-state index contributed by atoms with van der Waals surface area (Å²) in [6.07, 6.45) is 6.91. The largest absolute Gasteiger partial charge is 0.458 e. The third-order valence-corrected chi connectivity index (χ3v) is 8.96. The maximum absolute atomic E-state index is 14.4. The lowest BCUT2D eigenvalue weighted by atomic mass is 9.80. The predicted molar refractivity (Wildman–Crippen MR) is 181 cm³/mol. The normalized spacial score (nSPS) is 20.8. The van der Waals surface area contributed by atoms with Crippen LogP contribution in [0.5, 0.6) is 0 Å². The molecule has 2 unspecified atom stereocenters. The van der Waals surface area contributed by atoms with Crippen molar-refractivity contribution >= 4 is 18.8 Å². The number of esters is 1. The molecule has 0 bridgehead atoms. The number of nitrogens with zero attached hydrogens (tertiary/aromatic N) is 1. The molecule has 0 spiro atoms. The molecule has 2 atom stereocenters. The van der Waals surface area contributed by atoms with Gasteiger partial charge in [0.1, 0.15) is 5.60 Å². The van der Waals surface area contributed by atoms with Crippen LogP contribution in [-0.4, -0.2) is 60.6 Å². The Morgan fingerprint density at radius 3 is 1.98 bits per heavy atom. The summed E-state index contributed by atoms with van der Waals surface area (Å²) in [4.78, 5) is 19.8. The molecule has 2 aromatic carbocycles. The summed E-state index contributed by atoms with van der Waals surface area (Å²) in [6, 6.07) is 20.2. The number of hydrogen-bond donors (Lipinski definition) is 0. The van der Waals surface area contributed by atoms with Crippen LogP contribution in [0.4, 0.5) is 0 Å². The fraction of sp³-hybridized carbons (Fsp3) is 0.622. The molecule has 2 aromatic rings. The Morgan fingerprint density at radius 2 is 1.44 bits per heavy atom. The Hall–Kier alpha value is -2.52. The molecule has 4 rings (SSSR count). The standard InChI is InChI=1S/C37H54BNO6/c1-34(2,3)43-33(40)37(25-18-28-42-31-23-14-17-27-41-31,24-15-16-26-38-44-35(4,5)36(6,7)45-38)39-32(29-19-10-8-11-20-29)30-21-12-9-13-22-30/h8-13,19-22,31H,14-18,23-28H2,1-7H3. The van der Waals surface area contributed by atoms with Crippen molar-refractivity contribution in [3.8, 4) is 0 Å². The lowest BCUT2D eigenvalue weighted by Gasteiger charge is -2.33. The zero-order valence-corrected chi connectivity index (χ0v) is 28.6. The highest BCUT2D eigenvalue weighted by molar-refractivity contribution is 6.45. The Labute approximate surface area is 271 Å². The van der Waals surface area contributed by atoms with Gasteiger partial charge in [0.25, 0.3) is 0 Å². The molecule has 0 saturated carbocycles. The number of unbranched alkanes of at least 4 members (excludes halogenated alkanes) is 1. The van der Waals surface area contributed by atoms with E-state index in [1.165, 1.54) is 0 Å². The summed E-state index contributed by atoms with van der Waals surface area (Å²) in [5, 5.41) is 0. The highest BCUT2D eigenvalue weighted by Gasteiger charge is 2.50. The smallest absolute Gasteiger partial charge is 0.457 e. The average Bonchev–Trinajstić information content (AvgIpc) is 3.21. The van der Waals surface area contributed by atoms with Crippen molar-refractivity contribution < 1.29 is 28.3 Å². The van der Waals surface area contributed by atoms with Crippen LogP contribution in [0, 0.1) is 0 Å². The second kappa shape index (κ2) is 15.4. The van der Waals surface area contributed by atoms with Gasteiger partial charge in [0.05, 0.1) is 16.9 Å². The van der Waals surface area contributed by atoms with Gasteiger partial charge in [-0.05, 0) is 93.3 Å². The first kappa shape index (κ1) is 35.3. The summed E-state index contributed by atoms with van der Waals surface area (Å²) >= 11 is 0. The number of rotatable bonds is 14. The molecule has 2 fully saturated rings. The number of aliphatic imine (C=N–C) groups is 1. The van der Waals surface area contributed by atoms with E-state index in [0.717, 1.165) is 61.9 Å². The van der Waals surface area contributed by atoms with Gasteiger partial charge in [0.15, 0.2) is 11.8 Å². The van der Waals surface area contributed by atoms with E-state index in [1.807, 2.05) is 81.4 Å². The van der Waals surface area contributed by atoms with Crippen molar-refractivity contribution in [1.82, 2.24) is 0 Å². The molecule has 0 radical (unpaired) electrons. The second-order valence-electron chi connectivity index (χ2n) is 14.4. The molecule has 0 aromatic heterocycles. The summed E-state index contributed by atoms with van der Waals surface area (Å²) < 4.78 is 30.6. The average molecular weight is 620 g/mol. The van der Waals surface area contributed by atoms with Crippen LogP contribution < -0.4 is 0 Å². The number of benzene rings is 2. The zero-order chi connectivity index (χ0) is 32.6. The monoisotopic (exact) mass is 619 g/mol. The summed E-state index contributed by atoms with van der Waals surface area (Å²) in [6.45, 7) is 15.3. The van der Waals surface area contributed by atoms with Crippen LogP contribution in [0.1, 0.15) is 111 Å². The highest BCUT2D eigenvalue weighted by Crippen LogP contribution is 2.39. The van der Waals surface area contributed by atoms with Gasteiger partial charge in [-0.25, -0.2) is 4.79 Å². The quantitative estimate of drug-likeness (QED) is 0.0919. The van der Waals surface area contributed by atoms with Crippen molar-refractivity contribution in [2.24, 2.45) is 4.99 Å². The van der Waals surface area contributed by atoms with Crippen LogP contribution in [0.2, 0.25) is 6.32 Å². The van der Waals surface area contributed by atoms with E-state index < -0.39 is 11.1 Å². The SMILES string of the molecule is CC(C)(C)OC(=O)C(CCCCB1OC(C)(C)C(C)(C)O1)(CCCOC1CCCCO1)N=C(c1ccccc1)c1ccccc1. The molecule has 0 aliphatic carbocycles. The lowest BCUT2D eigenvalue weighted by Crippen LogP contribution is -2.43. The van der Waals surface area contributed by atoms with Crippen molar-refractivity contribution in [2.45, 2.75) is 135 Å².